The van der Waals surface area contributed by atoms with Gasteiger partial charge < -0.3 is 14.8 Å². The van der Waals surface area contributed by atoms with Gasteiger partial charge in [-0.1, -0.05) is 37.3 Å². The minimum Gasteiger partial charge on any atom is -0.354 e. The summed E-state index contributed by atoms with van der Waals surface area (Å²) in [5.41, 5.74) is 2.50. The quantitative estimate of drug-likeness (QED) is 0.285. The smallest absolute Gasteiger partial charge is 0.194 e. The SMILES string of the molecule is CCc1nncn1CCNC(=NCc1ccccc1)N(C)Cc1ccsc1.I. The highest BCUT2D eigenvalue weighted by molar-refractivity contribution is 14.0. The third-order valence-corrected chi connectivity index (χ3v) is 5.00. The van der Waals surface area contributed by atoms with Gasteiger partial charge in [0.05, 0.1) is 6.54 Å². The van der Waals surface area contributed by atoms with Crippen LogP contribution in [-0.2, 0) is 26.1 Å². The number of hydrogen-bond acceptors (Lipinski definition) is 4. The Bertz CT molecular complexity index is 832. The first kappa shape index (κ1) is 22.4. The van der Waals surface area contributed by atoms with E-state index in [1.54, 1.807) is 17.7 Å². The molecule has 0 radical (unpaired) electrons. The molecule has 150 valence electrons. The lowest BCUT2D eigenvalue weighted by atomic mass is 10.2. The number of nitrogens with zero attached hydrogens (tertiary/aromatic N) is 5. The highest BCUT2D eigenvalue weighted by Gasteiger charge is 2.08. The number of guanidine groups is 1. The van der Waals surface area contributed by atoms with Gasteiger partial charge in [0, 0.05) is 33.1 Å². The predicted molar refractivity (Wildman–Crippen MR) is 126 cm³/mol. The van der Waals surface area contributed by atoms with Crippen molar-refractivity contribution in [1.82, 2.24) is 25.0 Å². The van der Waals surface area contributed by atoms with Crippen LogP contribution in [0.15, 0.2) is 58.5 Å². The molecule has 8 heteroatoms. The Hall–Kier alpha value is -1.94. The zero-order chi connectivity index (χ0) is 18.9. The largest absolute Gasteiger partial charge is 0.354 e. The molecule has 1 N–H and O–H groups in total. The molecule has 0 aliphatic rings. The molecule has 3 aromatic rings. The molecular formula is C20H27IN6S. The Kier molecular flexibility index (Phi) is 9.42. The minimum atomic E-state index is 0. The van der Waals surface area contributed by atoms with Gasteiger partial charge in [-0.25, -0.2) is 4.99 Å². The summed E-state index contributed by atoms with van der Waals surface area (Å²) >= 11 is 1.72. The monoisotopic (exact) mass is 510 g/mol. The maximum absolute atomic E-state index is 4.83. The summed E-state index contributed by atoms with van der Waals surface area (Å²) in [5, 5.41) is 15.9. The summed E-state index contributed by atoms with van der Waals surface area (Å²) in [7, 11) is 2.07. The van der Waals surface area contributed by atoms with E-state index in [1.165, 1.54) is 11.1 Å². The molecule has 0 amide bonds. The van der Waals surface area contributed by atoms with Gasteiger partial charge in [-0.15, -0.1) is 34.2 Å². The molecule has 2 aromatic heterocycles. The van der Waals surface area contributed by atoms with Crippen molar-refractivity contribution in [3.05, 3.63) is 70.4 Å². The highest BCUT2D eigenvalue weighted by atomic mass is 127. The number of halogens is 1. The Morgan fingerprint density at radius 1 is 1.21 bits per heavy atom. The van der Waals surface area contributed by atoms with Gasteiger partial charge in [0.2, 0.25) is 0 Å². The van der Waals surface area contributed by atoms with Crippen LogP contribution >= 0.6 is 35.3 Å². The lowest BCUT2D eigenvalue weighted by Gasteiger charge is -2.22. The molecule has 0 aliphatic heterocycles. The molecule has 1 aromatic carbocycles. The third-order valence-electron chi connectivity index (χ3n) is 4.26. The maximum atomic E-state index is 4.83. The van der Waals surface area contributed by atoms with E-state index >= 15 is 0 Å². The van der Waals surface area contributed by atoms with E-state index in [-0.39, 0.29) is 24.0 Å². The van der Waals surface area contributed by atoms with Crippen molar-refractivity contribution in [1.29, 1.82) is 0 Å². The predicted octanol–water partition coefficient (Wildman–Crippen LogP) is 3.80. The number of aryl methyl sites for hydroxylation is 1. The van der Waals surface area contributed by atoms with Crippen molar-refractivity contribution in [2.75, 3.05) is 13.6 Å². The van der Waals surface area contributed by atoms with Crippen LogP contribution in [0.4, 0.5) is 0 Å². The van der Waals surface area contributed by atoms with Crippen molar-refractivity contribution in [3.8, 4) is 0 Å². The molecule has 0 fully saturated rings. The first-order valence-electron chi connectivity index (χ1n) is 9.17. The maximum Gasteiger partial charge on any atom is 0.194 e. The summed E-state index contributed by atoms with van der Waals surface area (Å²) < 4.78 is 2.08. The Balaban J connectivity index is 0.00000280. The molecular weight excluding hydrogens is 483 g/mol. The van der Waals surface area contributed by atoms with Crippen LogP contribution < -0.4 is 5.32 Å². The average molecular weight is 510 g/mol. The van der Waals surface area contributed by atoms with Crippen LogP contribution in [0, 0.1) is 0 Å². The highest BCUT2D eigenvalue weighted by Crippen LogP contribution is 2.09. The van der Waals surface area contributed by atoms with Crippen LogP contribution in [0.5, 0.6) is 0 Å². The van der Waals surface area contributed by atoms with Crippen molar-refractivity contribution in [2.45, 2.75) is 33.0 Å². The Labute approximate surface area is 187 Å². The van der Waals surface area contributed by atoms with E-state index in [2.05, 4.69) is 67.9 Å². The zero-order valence-corrected chi connectivity index (χ0v) is 19.4. The lowest BCUT2D eigenvalue weighted by molar-refractivity contribution is 0.471. The second kappa shape index (κ2) is 11.8. The minimum absolute atomic E-state index is 0. The van der Waals surface area contributed by atoms with E-state index in [4.69, 9.17) is 4.99 Å². The molecule has 0 atom stereocenters. The number of nitrogens with one attached hydrogen (secondary N) is 1. The topological polar surface area (TPSA) is 58.3 Å². The van der Waals surface area contributed by atoms with Gasteiger partial charge in [0.1, 0.15) is 12.2 Å². The molecule has 2 heterocycles. The Morgan fingerprint density at radius 2 is 2.04 bits per heavy atom. The summed E-state index contributed by atoms with van der Waals surface area (Å²) in [6.07, 6.45) is 2.67. The fraction of sp³-hybridized carbons (Fsp3) is 0.350. The summed E-state index contributed by atoms with van der Waals surface area (Å²) in [4.78, 5) is 6.99. The van der Waals surface area contributed by atoms with E-state index in [0.29, 0.717) is 6.54 Å². The molecule has 0 spiro atoms. The number of aliphatic imine (C=N–C) groups is 1. The van der Waals surface area contributed by atoms with Crippen molar-refractivity contribution >= 4 is 41.3 Å². The third kappa shape index (κ3) is 6.59. The normalized spacial score (nSPS) is 11.1. The van der Waals surface area contributed by atoms with Gasteiger partial charge in [-0.2, -0.15) is 11.3 Å². The van der Waals surface area contributed by atoms with E-state index < -0.39 is 0 Å². The molecule has 6 nitrogen and oxygen atoms in total. The van der Waals surface area contributed by atoms with Gasteiger partial charge in [0.15, 0.2) is 5.96 Å². The fourth-order valence-electron chi connectivity index (χ4n) is 2.82. The average Bonchev–Trinajstić information content (AvgIpc) is 3.36. The van der Waals surface area contributed by atoms with Crippen LogP contribution in [0.25, 0.3) is 0 Å². The number of benzene rings is 1. The molecule has 0 aliphatic carbocycles. The van der Waals surface area contributed by atoms with Crippen LogP contribution in [0.3, 0.4) is 0 Å². The molecule has 0 bridgehead atoms. The fourth-order valence-corrected chi connectivity index (χ4v) is 3.48. The van der Waals surface area contributed by atoms with Crippen LogP contribution in [0.1, 0.15) is 23.9 Å². The summed E-state index contributed by atoms with van der Waals surface area (Å²) in [6, 6.07) is 12.5. The number of aromatic nitrogens is 3. The van der Waals surface area contributed by atoms with E-state index in [0.717, 1.165) is 37.8 Å². The van der Waals surface area contributed by atoms with Crippen LogP contribution in [0.2, 0.25) is 0 Å². The Morgan fingerprint density at radius 3 is 2.75 bits per heavy atom. The molecule has 0 unspecified atom stereocenters. The van der Waals surface area contributed by atoms with E-state index in [9.17, 15) is 0 Å². The van der Waals surface area contributed by atoms with Gasteiger partial charge in [-0.05, 0) is 28.0 Å². The number of thiophene rings is 1. The van der Waals surface area contributed by atoms with Gasteiger partial charge in [0.25, 0.3) is 0 Å². The van der Waals surface area contributed by atoms with Crippen molar-refractivity contribution in [3.63, 3.8) is 0 Å². The van der Waals surface area contributed by atoms with Crippen molar-refractivity contribution in [2.24, 2.45) is 4.99 Å². The molecule has 3 rings (SSSR count). The lowest BCUT2D eigenvalue weighted by Crippen LogP contribution is -2.40. The van der Waals surface area contributed by atoms with Crippen LogP contribution in [-0.4, -0.2) is 39.2 Å². The van der Waals surface area contributed by atoms with E-state index in [1.807, 2.05) is 18.2 Å². The number of rotatable bonds is 8. The standard InChI is InChI=1S/C20H26N6S.HI/c1-3-19-24-23-16-26(19)11-10-21-20(22-13-17-7-5-4-6-8-17)25(2)14-18-9-12-27-15-18;/h4-9,12,15-16H,3,10-11,13-14H2,1-2H3,(H,21,22);1H. The first-order chi connectivity index (χ1) is 13.3. The second-order valence-corrected chi connectivity index (χ2v) is 7.11. The molecule has 0 saturated carbocycles. The zero-order valence-electron chi connectivity index (χ0n) is 16.3. The van der Waals surface area contributed by atoms with Gasteiger partial charge >= 0.3 is 0 Å². The van der Waals surface area contributed by atoms with Crippen molar-refractivity contribution < 1.29 is 0 Å². The van der Waals surface area contributed by atoms with Gasteiger partial charge in [-0.3, -0.25) is 0 Å². The summed E-state index contributed by atoms with van der Waals surface area (Å²) in [6.45, 7) is 5.16. The second-order valence-electron chi connectivity index (χ2n) is 6.33. The molecule has 0 saturated heterocycles. The molecule has 28 heavy (non-hydrogen) atoms. The number of hydrogen-bond donors (Lipinski definition) is 1. The first-order valence-corrected chi connectivity index (χ1v) is 10.1. The summed E-state index contributed by atoms with van der Waals surface area (Å²) in [5.74, 6) is 1.90.